The normalized spacial score (nSPS) is 16.5. The Morgan fingerprint density at radius 3 is 2.62 bits per heavy atom. The third-order valence-corrected chi connectivity index (χ3v) is 5.96. The van der Waals surface area contributed by atoms with Crippen LogP contribution < -0.4 is 15.5 Å². The number of ether oxygens (including phenoxy) is 1. The van der Waals surface area contributed by atoms with E-state index in [1.807, 2.05) is 60.3 Å². The quantitative estimate of drug-likeness (QED) is 0.435. The van der Waals surface area contributed by atoms with Gasteiger partial charge in [-0.15, -0.1) is 20.4 Å². The van der Waals surface area contributed by atoms with E-state index in [-0.39, 0.29) is 11.9 Å². The minimum atomic E-state index is -0.719. The summed E-state index contributed by atoms with van der Waals surface area (Å²) in [7, 11) is 3.47. The highest BCUT2D eigenvalue weighted by molar-refractivity contribution is 5.94. The molecular weight excluding hydrogens is 432 g/mol. The molecule has 4 aromatic rings. The van der Waals surface area contributed by atoms with Gasteiger partial charge in [0.05, 0.1) is 0 Å². The second kappa shape index (κ2) is 9.44. The first-order chi connectivity index (χ1) is 16.6. The predicted molar refractivity (Wildman–Crippen MR) is 130 cm³/mol. The maximum atomic E-state index is 12.6. The van der Waals surface area contributed by atoms with Crippen LogP contribution in [0.1, 0.15) is 18.1 Å². The molecule has 1 aliphatic heterocycles. The maximum absolute atomic E-state index is 12.6. The topological polar surface area (TPSA) is 110 Å². The van der Waals surface area contributed by atoms with E-state index in [2.05, 4.69) is 42.0 Å². The summed E-state index contributed by atoms with van der Waals surface area (Å²) in [6, 6.07) is 17.2. The molecule has 2 atom stereocenters. The van der Waals surface area contributed by atoms with Gasteiger partial charge in [-0.25, -0.2) is 0 Å². The number of hydrogen-bond acceptors (Lipinski definition) is 8. The number of anilines is 3. The van der Waals surface area contributed by atoms with Gasteiger partial charge >= 0.3 is 0 Å². The molecule has 10 heteroatoms. The van der Waals surface area contributed by atoms with Crippen LogP contribution in [-0.4, -0.2) is 57.1 Å². The number of nitrogens with one attached hydrogen (secondary N) is 2. The van der Waals surface area contributed by atoms with E-state index in [0.29, 0.717) is 11.6 Å². The smallest absolute Gasteiger partial charge is 0.259 e. The minimum Gasteiger partial charge on any atom is -0.367 e. The number of fused-ring (bicyclic) bond motifs is 1. The average Bonchev–Trinajstić information content (AvgIpc) is 3.48. The Balaban J connectivity index is 1.18. The lowest BCUT2D eigenvalue weighted by molar-refractivity contribution is -0.126. The van der Waals surface area contributed by atoms with Crippen LogP contribution in [0.2, 0.25) is 0 Å². The molecule has 1 amide bonds. The van der Waals surface area contributed by atoms with Crippen molar-refractivity contribution in [2.24, 2.45) is 7.05 Å². The summed E-state index contributed by atoms with van der Waals surface area (Å²) < 4.78 is 7.33. The highest BCUT2D eigenvalue weighted by Crippen LogP contribution is 2.23. The van der Waals surface area contributed by atoms with Crippen molar-refractivity contribution < 1.29 is 9.53 Å². The van der Waals surface area contributed by atoms with Gasteiger partial charge in [0.15, 0.2) is 23.4 Å². The Bertz CT molecular complexity index is 1280. The molecule has 1 aromatic carbocycles. The van der Waals surface area contributed by atoms with Gasteiger partial charge in [-0.3, -0.25) is 4.79 Å². The van der Waals surface area contributed by atoms with E-state index in [1.165, 1.54) is 7.11 Å². The molecule has 0 spiro atoms. The number of rotatable bonds is 7. The van der Waals surface area contributed by atoms with Crippen molar-refractivity contribution in [2.45, 2.75) is 18.6 Å². The summed E-state index contributed by atoms with van der Waals surface area (Å²) in [6.45, 7) is 1.67. The molecule has 34 heavy (non-hydrogen) atoms. The Hall–Kier alpha value is -4.05. The zero-order valence-corrected chi connectivity index (χ0v) is 19.0. The fourth-order valence-electron chi connectivity index (χ4n) is 4.19. The molecule has 4 heterocycles. The van der Waals surface area contributed by atoms with Crippen LogP contribution in [0.25, 0.3) is 11.0 Å². The molecule has 1 aliphatic rings. The first-order valence-electron chi connectivity index (χ1n) is 11.1. The SMILES string of the molecule is CO[C@@H](C(=O)Nc1ccc(N[C@@H]2CCN(c3cc4ccn(C)c4nn3)C2)nn1)c1ccccc1. The van der Waals surface area contributed by atoms with Gasteiger partial charge in [0.1, 0.15) is 5.82 Å². The van der Waals surface area contributed by atoms with Crippen LogP contribution in [0.5, 0.6) is 0 Å². The number of carbonyl (C=O) groups excluding carboxylic acids is 1. The van der Waals surface area contributed by atoms with Crippen molar-refractivity contribution in [2.75, 3.05) is 35.7 Å². The molecule has 0 aliphatic carbocycles. The Morgan fingerprint density at radius 1 is 1.06 bits per heavy atom. The average molecular weight is 459 g/mol. The molecule has 174 valence electrons. The Kier molecular flexibility index (Phi) is 6.05. The van der Waals surface area contributed by atoms with Crippen LogP contribution in [0.15, 0.2) is 60.8 Å². The van der Waals surface area contributed by atoms with Crippen LogP contribution in [0.3, 0.4) is 0 Å². The summed E-state index contributed by atoms with van der Waals surface area (Å²) in [5.74, 6) is 1.60. The fraction of sp³-hybridized carbons (Fsp3) is 0.292. The van der Waals surface area contributed by atoms with Gasteiger partial charge in [0.2, 0.25) is 0 Å². The van der Waals surface area contributed by atoms with Crippen molar-refractivity contribution in [1.29, 1.82) is 0 Å². The lowest BCUT2D eigenvalue weighted by Crippen LogP contribution is -2.27. The van der Waals surface area contributed by atoms with Crippen molar-refractivity contribution in [3.63, 3.8) is 0 Å². The molecule has 1 fully saturated rings. The molecule has 10 nitrogen and oxygen atoms in total. The third kappa shape index (κ3) is 4.53. The van der Waals surface area contributed by atoms with Crippen molar-refractivity contribution >= 4 is 34.4 Å². The number of carbonyl (C=O) groups is 1. The zero-order chi connectivity index (χ0) is 23.5. The predicted octanol–water partition coefficient (Wildman–Crippen LogP) is 2.78. The second-order valence-electron chi connectivity index (χ2n) is 8.30. The molecule has 0 radical (unpaired) electrons. The molecule has 5 rings (SSSR count). The van der Waals surface area contributed by atoms with Crippen molar-refractivity contribution in [3.8, 4) is 0 Å². The van der Waals surface area contributed by atoms with Crippen LogP contribution >= 0.6 is 0 Å². The van der Waals surface area contributed by atoms with E-state index < -0.39 is 6.10 Å². The number of nitrogens with zero attached hydrogens (tertiary/aromatic N) is 6. The molecule has 0 unspecified atom stereocenters. The van der Waals surface area contributed by atoms with E-state index in [9.17, 15) is 4.79 Å². The Labute approximate surface area is 197 Å². The van der Waals surface area contributed by atoms with E-state index in [1.54, 1.807) is 6.07 Å². The lowest BCUT2D eigenvalue weighted by Gasteiger charge is -2.18. The van der Waals surface area contributed by atoms with Gasteiger partial charge in [0.25, 0.3) is 5.91 Å². The van der Waals surface area contributed by atoms with Crippen LogP contribution in [0, 0.1) is 0 Å². The number of amides is 1. The Morgan fingerprint density at radius 2 is 1.85 bits per heavy atom. The number of aromatic nitrogens is 5. The first kappa shape index (κ1) is 21.8. The van der Waals surface area contributed by atoms with Crippen molar-refractivity contribution in [1.82, 2.24) is 25.0 Å². The van der Waals surface area contributed by atoms with Crippen LogP contribution in [0.4, 0.5) is 17.5 Å². The highest BCUT2D eigenvalue weighted by atomic mass is 16.5. The first-order valence-corrected chi connectivity index (χ1v) is 11.1. The van der Waals surface area contributed by atoms with E-state index >= 15 is 0 Å². The van der Waals surface area contributed by atoms with Gasteiger partial charge in [-0.1, -0.05) is 30.3 Å². The van der Waals surface area contributed by atoms with E-state index in [0.717, 1.165) is 41.9 Å². The highest BCUT2D eigenvalue weighted by Gasteiger charge is 2.25. The number of hydrogen-bond donors (Lipinski definition) is 2. The van der Waals surface area contributed by atoms with Gasteiger partial charge in [-0.2, -0.15) is 0 Å². The summed E-state index contributed by atoms with van der Waals surface area (Å²) >= 11 is 0. The summed E-state index contributed by atoms with van der Waals surface area (Å²) in [5.41, 5.74) is 1.65. The summed E-state index contributed by atoms with van der Waals surface area (Å²) in [5, 5.41) is 24.4. The maximum Gasteiger partial charge on any atom is 0.259 e. The van der Waals surface area contributed by atoms with Gasteiger partial charge in [0, 0.05) is 44.9 Å². The molecule has 2 N–H and O–H groups in total. The number of methoxy groups -OCH3 is 1. The van der Waals surface area contributed by atoms with Gasteiger partial charge in [-0.05, 0) is 36.2 Å². The molecule has 0 saturated carbocycles. The lowest BCUT2D eigenvalue weighted by atomic mass is 10.1. The summed E-state index contributed by atoms with van der Waals surface area (Å²) in [6.07, 6.45) is 2.21. The van der Waals surface area contributed by atoms with Crippen LogP contribution in [-0.2, 0) is 16.6 Å². The minimum absolute atomic E-state index is 0.207. The molecule has 0 bridgehead atoms. The van der Waals surface area contributed by atoms with E-state index in [4.69, 9.17) is 4.74 Å². The van der Waals surface area contributed by atoms with Gasteiger partial charge < -0.3 is 24.8 Å². The van der Waals surface area contributed by atoms with Crippen molar-refractivity contribution in [3.05, 3.63) is 66.4 Å². The largest absolute Gasteiger partial charge is 0.367 e. The monoisotopic (exact) mass is 458 g/mol. The molecule has 3 aromatic heterocycles. The number of aryl methyl sites for hydroxylation is 1. The zero-order valence-electron chi connectivity index (χ0n) is 19.0. The second-order valence-corrected chi connectivity index (χ2v) is 8.30. The fourth-order valence-corrected chi connectivity index (χ4v) is 4.19. The molecular formula is C24H26N8O2. The molecule has 1 saturated heterocycles. The third-order valence-electron chi connectivity index (χ3n) is 5.96. The standard InChI is InChI=1S/C24H26N8O2/c1-31-12-10-17-14-21(29-30-23(17)31)32-13-11-18(15-32)25-19-8-9-20(28-27-19)26-24(33)22(34-2)16-6-4-3-5-7-16/h3-10,12,14,18,22H,11,13,15H2,1-2H3,(H,25,27)(H,26,28,33)/t18-,22-/m1/s1. The number of benzene rings is 1. The summed E-state index contributed by atoms with van der Waals surface area (Å²) in [4.78, 5) is 14.8.